The molecular formula is C13H11ClN4O3. The number of benzene rings is 1. The van der Waals surface area contributed by atoms with Crippen LogP contribution >= 0.6 is 11.6 Å². The summed E-state index contributed by atoms with van der Waals surface area (Å²) < 4.78 is 0. The van der Waals surface area contributed by atoms with E-state index >= 15 is 0 Å². The normalized spacial score (nSPS) is 9.95. The van der Waals surface area contributed by atoms with E-state index in [0.717, 1.165) is 4.90 Å². The molecule has 0 aliphatic carbocycles. The molecule has 1 aromatic heterocycles. The van der Waals surface area contributed by atoms with E-state index in [1.807, 2.05) is 0 Å². The fourth-order valence-corrected chi connectivity index (χ4v) is 1.69. The maximum atomic E-state index is 12.2. The van der Waals surface area contributed by atoms with Crippen LogP contribution in [0.25, 0.3) is 0 Å². The molecule has 2 aromatic rings. The van der Waals surface area contributed by atoms with Gasteiger partial charge < -0.3 is 5.11 Å². The van der Waals surface area contributed by atoms with Crippen molar-refractivity contribution in [1.82, 2.24) is 9.97 Å². The van der Waals surface area contributed by atoms with Crippen molar-refractivity contribution >= 4 is 35.2 Å². The number of hydrogen-bond acceptors (Lipinski definition) is 4. The Labute approximate surface area is 125 Å². The number of nitrogens with zero attached hydrogens (tertiary/aromatic N) is 3. The summed E-state index contributed by atoms with van der Waals surface area (Å²) in [5, 5.41) is 11.9. The van der Waals surface area contributed by atoms with Crippen molar-refractivity contribution in [1.29, 1.82) is 0 Å². The van der Waals surface area contributed by atoms with E-state index in [2.05, 4.69) is 15.3 Å². The second-order valence-electron chi connectivity index (χ2n) is 3.96. The summed E-state index contributed by atoms with van der Waals surface area (Å²) in [6.07, 6.45) is 2.93. The number of carboxylic acid groups (broad SMARTS) is 1. The average Bonchev–Trinajstić information content (AvgIpc) is 2.46. The van der Waals surface area contributed by atoms with Gasteiger partial charge in [0.1, 0.15) is 6.54 Å². The smallest absolute Gasteiger partial charge is 0.329 e. The first-order valence-electron chi connectivity index (χ1n) is 5.89. The first-order chi connectivity index (χ1) is 10.1. The van der Waals surface area contributed by atoms with Gasteiger partial charge in [-0.2, -0.15) is 0 Å². The summed E-state index contributed by atoms with van der Waals surface area (Å²) in [4.78, 5) is 31.9. The zero-order valence-corrected chi connectivity index (χ0v) is 11.5. The van der Waals surface area contributed by atoms with Gasteiger partial charge in [0.15, 0.2) is 0 Å². The van der Waals surface area contributed by atoms with Gasteiger partial charge in [-0.15, -0.1) is 0 Å². The summed E-state index contributed by atoms with van der Waals surface area (Å²) in [7, 11) is 0. The lowest BCUT2D eigenvalue weighted by Gasteiger charge is -2.20. The summed E-state index contributed by atoms with van der Waals surface area (Å²) >= 11 is 5.78. The summed E-state index contributed by atoms with van der Waals surface area (Å²) in [6, 6.07) is 7.19. The number of aromatic nitrogens is 2. The maximum Gasteiger partial charge on any atom is 0.329 e. The molecule has 0 fully saturated rings. The molecule has 1 aromatic carbocycles. The quantitative estimate of drug-likeness (QED) is 0.903. The minimum absolute atomic E-state index is 0.0897. The third-order valence-electron chi connectivity index (χ3n) is 2.46. The van der Waals surface area contributed by atoms with Crippen LogP contribution in [0.3, 0.4) is 0 Å². The van der Waals surface area contributed by atoms with Gasteiger partial charge in [-0.05, 0) is 30.3 Å². The highest BCUT2D eigenvalue weighted by Gasteiger charge is 2.19. The lowest BCUT2D eigenvalue weighted by molar-refractivity contribution is -0.135. The fraction of sp³-hybridized carbons (Fsp3) is 0.0769. The number of hydrogen-bond donors (Lipinski definition) is 2. The molecule has 8 heteroatoms. The first kappa shape index (κ1) is 14.7. The predicted molar refractivity (Wildman–Crippen MR) is 77.5 cm³/mol. The average molecular weight is 307 g/mol. The van der Waals surface area contributed by atoms with Gasteiger partial charge in [0.05, 0.1) is 0 Å². The van der Waals surface area contributed by atoms with Crippen LogP contribution in [-0.4, -0.2) is 33.6 Å². The Kier molecular flexibility index (Phi) is 4.68. The summed E-state index contributed by atoms with van der Waals surface area (Å²) in [5.74, 6) is -1.05. The van der Waals surface area contributed by atoms with Gasteiger partial charge in [-0.1, -0.05) is 11.6 Å². The molecule has 108 valence electrons. The number of carboxylic acids is 1. The number of carbonyl (C=O) groups excluding carboxylic acids is 1. The molecule has 0 spiro atoms. The van der Waals surface area contributed by atoms with Crippen LogP contribution < -0.4 is 10.2 Å². The molecule has 0 radical (unpaired) electrons. The third-order valence-corrected chi connectivity index (χ3v) is 2.71. The van der Waals surface area contributed by atoms with Gasteiger partial charge in [0.25, 0.3) is 0 Å². The predicted octanol–water partition coefficient (Wildman–Crippen LogP) is 2.25. The Morgan fingerprint density at radius 3 is 2.38 bits per heavy atom. The van der Waals surface area contributed by atoms with Crippen LogP contribution in [-0.2, 0) is 4.79 Å². The van der Waals surface area contributed by atoms with Crippen LogP contribution in [0, 0.1) is 0 Å². The number of halogens is 1. The Balaban J connectivity index is 2.21. The highest BCUT2D eigenvalue weighted by molar-refractivity contribution is 6.30. The van der Waals surface area contributed by atoms with Gasteiger partial charge in [-0.25, -0.2) is 14.8 Å². The molecule has 0 unspecified atom stereocenters. The summed E-state index contributed by atoms with van der Waals surface area (Å²) in [5.41, 5.74) is 0.398. The Morgan fingerprint density at radius 1 is 1.19 bits per heavy atom. The largest absolute Gasteiger partial charge is 0.480 e. The van der Waals surface area contributed by atoms with Gasteiger partial charge in [-0.3, -0.25) is 15.0 Å². The van der Waals surface area contributed by atoms with Gasteiger partial charge in [0.2, 0.25) is 5.95 Å². The van der Waals surface area contributed by atoms with E-state index in [0.29, 0.717) is 10.7 Å². The molecule has 2 amide bonds. The molecule has 0 saturated heterocycles. The SMILES string of the molecule is O=C(O)CN(C(=O)Nc1ncccn1)c1ccc(Cl)cc1. The fourth-order valence-electron chi connectivity index (χ4n) is 1.56. The summed E-state index contributed by atoms with van der Waals surface area (Å²) in [6.45, 7) is -0.500. The molecule has 21 heavy (non-hydrogen) atoms. The molecule has 0 saturated carbocycles. The van der Waals surface area contributed by atoms with Crippen molar-refractivity contribution in [3.8, 4) is 0 Å². The second-order valence-corrected chi connectivity index (χ2v) is 4.40. The molecule has 0 aliphatic rings. The lowest BCUT2D eigenvalue weighted by Crippen LogP contribution is -2.39. The van der Waals surface area contributed by atoms with Crippen molar-refractivity contribution in [3.05, 3.63) is 47.7 Å². The Bertz CT molecular complexity index is 634. The van der Waals surface area contributed by atoms with Gasteiger partial charge >= 0.3 is 12.0 Å². The standard InChI is InChI=1S/C13H11ClN4O3/c14-9-2-4-10(5-3-9)18(8-11(19)20)13(21)17-12-15-6-1-7-16-12/h1-7H,8H2,(H,19,20)(H,15,16,17,21). The minimum atomic E-state index is -1.14. The van der Waals surface area contributed by atoms with Crippen molar-refractivity contribution in [2.24, 2.45) is 0 Å². The zero-order valence-electron chi connectivity index (χ0n) is 10.7. The number of nitrogens with one attached hydrogen (secondary N) is 1. The van der Waals surface area contributed by atoms with Crippen LogP contribution in [0.4, 0.5) is 16.4 Å². The molecule has 7 nitrogen and oxygen atoms in total. The van der Waals surface area contributed by atoms with Crippen LogP contribution in [0.5, 0.6) is 0 Å². The minimum Gasteiger partial charge on any atom is -0.480 e. The third kappa shape index (κ3) is 4.15. The molecule has 2 rings (SSSR count). The molecule has 0 aliphatic heterocycles. The van der Waals surface area contributed by atoms with Crippen LogP contribution in [0.1, 0.15) is 0 Å². The molecule has 0 atom stereocenters. The molecular weight excluding hydrogens is 296 g/mol. The van der Waals surface area contributed by atoms with E-state index in [1.54, 1.807) is 30.3 Å². The number of anilines is 2. The highest BCUT2D eigenvalue weighted by atomic mass is 35.5. The number of amides is 2. The van der Waals surface area contributed by atoms with Crippen molar-refractivity contribution in [3.63, 3.8) is 0 Å². The van der Waals surface area contributed by atoms with Crippen molar-refractivity contribution < 1.29 is 14.7 Å². The van der Waals surface area contributed by atoms with E-state index < -0.39 is 18.5 Å². The maximum absolute atomic E-state index is 12.2. The number of carbonyl (C=O) groups is 2. The lowest BCUT2D eigenvalue weighted by atomic mass is 10.3. The number of urea groups is 1. The Morgan fingerprint density at radius 2 is 1.81 bits per heavy atom. The van der Waals surface area contributed by atoms with Crippen LogP contribution in [0.2, 0.25) is 5.02 Å². The van der Waals surface area contributed by atoms with Gasteiger partial charge in [0, 0.05) is 23.1 Å². The molecule has 0 bridgehead atoms. The number of aliphatic carboxylic acids is 1. The van der Waals surface area contributed by atoms with E-state index in [9.17, 15) is 9.59 Å². The van der Waals surface area contributed by atoms with Crippen molar-refractivity contribution in [2.75, 3.05) is 16.8 Å². The zero-order chi connectivity index (χ0) is 15.2. The highest BCUT2D eigenvalue weighted by Crippen LogP contribution is 2.18. The Hall–Kier alpha value is -2.67. The van der Waals surface area contributed by atoms with E-state index in [-0.39, 0.29) is 5.95 Å². The molecule has 2 N–H and O–H groups in total. The molecule has 1 heterocycles. The number of rotatable bonds is 4. The first-order valence-corrected chi connectivity index (χ1v) is 6.27. The van der Waals surface area contributed by atoms with Crippen LogP contribution in [0.15, 0.2) is 42.7 Å². The topological polar surface area (TPSA) is 95.4 Å². The monoisotopic (exact) mass is 306 g/mol. The van der Waals surface area contributed by atoms with E-state index in [1.165, 1.54) is 12.4 Å². The van der Waals surface area contributed by atoms with E-state index in [4.69, 9.17) is 16.7 Å². The van der Waals surface area contributed by atoms with Crippen molar-refractivity contribution in [2.45, 2.75) is 0 Å². The second kappa shape index (κ2) is 6.67.